The topological polar surface area (TPSA) is 66.5 Å². The number of amides is 2. The Morgan fingerprint density at radius 3 is 2.79 bits per heavy atom. The van der Waals surface area contributed by atoms with E-state index < -0.39 is 6.04 Å². The summed E-state index contributed by atoms with van der Waals surface area (Å²) in [5.74, 6) is -0.653. The standard InChI is InChI=1S/C13H13ClN2O3/c1-2-11-13(19)15-12(18)6-16(11)9-4-3-8(7-17)10(14)5-9/h3-5,7,11H,2,6H2,1H3,(H,15,18,19). The number of carbonyl (C=O) groups excluding carboxylic acids is 3. The van der Waals surface area contributed by atoms with Gasteiger partial charge in [0.25, 0.3) is 0 Å². The van der Waals surface area contributed by atoms with Crippen molar-refractivity contribution in [3.05, 3.63) is 28.8 Å². The Morgan fingerprint density at radius 2 is 2.21 bits per heavy atom. The average molecular weight is 281 g/mol. The number of hydrogen-bond acceptors (Lipinski definition) is 4. The van der Waals surface area contributed by atoms with Crippen LogP contribution in [0.5, 0.6) is 0 Å². The van der Waals surface area contributed by atoms with E-state index in [-0.39, 0.29) is 18.4 Å². The molecule has 0 spiro atoms. The maximum absolute atomic E-state index is 11.8. The zero-order valence-corrected chi connectivity index (χ0v) is 11.1. The van der Waals surface area contributed by atoms with Crippen molar-refractivity contribution in [2.24, 2.45) is 0 Å². The Bertz CT molecular complexity index is 545. The first-order valence-electron chi connectivity index (χ1n) is 5.92. The van der Waals surface area contributed by atoms with Gasteiger partial charge in [0.05, 0.1) is 11.6 Å². The molecule has 0 aromatic heterocycles. The van der Waals surface area contributed by atoms with E-state index in [1.54, 1.807) is 23.1 Å². The minimum Gasteiger partial charge on any atom is -0.350 e. The van der Waals surface area contributed by atoms with Gasteiger partial charge in [0.15, 0.2) is 6.29 Å². The molecule has 2 rings (SSSR count). The first-order chi connectivity index (χ1) is 9.06. The summed E-state index contributed by atoms with van der Waals surface area (Å²) >= 11 is 5.97. The molecule has 5 nitrogen and oxygen atoms in total. The second kappa shape index (κ2) is 5.40. The average Bonchev–Trinajstić information content (AvgIpc) is 2.37. The fourth-order valence-electron chi connectivity index (χ4n) is 2.13. The molecule has 1 aliphatic heterocycles. The number of benzene rings is 1. The molecule has 1 aliphatic rings. The number of anilines is 1. The molecule has 1 atom stereocenters. The van der Waals surface area contributed by atoms with Gasteiger partial charge in [-0.2, -0.15) is 0 Å². The van der Waals surface area contributed by atoms with E-state index in [4.69, 9.17) is 11.6 Å². The summed E-state index contributed by atoms with van der Waals surface area (Å²) in [6.07, 6.45) is 1.24. The van der Waals surface area contributed by atoms with Crippen LogP contribution in [0.25, 0.3) is 0 Å². The molecule has 1 N–H and O–H groups in total. The van der Waals surface area contributed by atoms with Crippen LogP contribution in [0.2, 0.25) is 5.02 Å². The Balaban J connectivity index is 2.37. The SMILES string of the molecule is CCC1C(=O)NC(=O)CN1c1ccc(C=O)c(Cl)c1. The molecule has 1 aromatic rings. The van der Waals surface area contributed by atoms with E-state index in [0.717, 1.165) is 0 Å². The largest absolute Gasteiger partial charge is 0.350 e. The first kappa shape index (κ1) is 13.5. The molecule has 0 saturated carbocycles. The molecule has 0 radical (unpaired) electrons. The molecular weight excluding hydrogens is 268 g/mol. The quantitative estimate of drug-likeness (QED) is 0.671. The minimum atomic E-state index is -0.407. The van der Waals surface area contributed by atoms with Crippen LogP contribution in [0.1, 0.15) is 23.7 Å². The molecule has 0 bridgehead atoms. The van der Waals surface area contributed by atoms with Crippen LogP contribution in [-0.2, 0) is 9.59 Å². The monoisotopic (exact) mass is 280 g/mol. The third-order valence-corrected chi connectivity index (χ3v) is 3.41. The highest BCUT2D eigenvalue weighted by Gasteiger charge is 2.32. The third kappa shape index (κ3) is 2.61. The molecule has 0 aliphatic carbocycles. The zero-order chi connectivity index (χ0) is 14.0. The van der Waals surface area contributed by atoms with Gasteiger partial charge in [-0.15, -0.1) is 0 Å². The van der Waals surface area contributed by atoms with E-state index in [1.165, 1.54) is 0 Å². The van der Waals surface area contributed by atoms with Crippen molar-refractivity contribution >= 4 is 35.4 Å². The fraction of sp³-hybridized carbons (Fsp3) is 0.308. The van der Waals surface area contributed by atoms with Crippen molar-refractivity contribution in [1.82, 2.24) is 5.32 Å². The predicted molar refractivity (Wildman–Crippen MR) is 71.4 cm³/mol. The molecule has 19 heavy (non-hydrogen) atoms. The van der Waals surface area contributed by atoms with E-state index in [0.29, 0.717) is 29.0 Å². The van der Waals surface area contributed by atoms with Gasteiger partial charge in [-0.1, -0.05) is 18.5 Å². The van der Waals surface area contributed by atoms with Crippen molar-refractivity contribution in [3.8, 4) is 0 Å². The van der Waals surface area contributed by atoms with Crippen LogP contribution in [0.3, 0.4) is 0 Å². The lowest BCUT2D eigenvalue weighted by atomic mass is 10.1. The summed E-state index contributed by atoms with van der Waals surface area (Å²) in [6.45, 7) is 1.97. The fourth-order valence-corrected chi connectivity index (χ4v) is 2.35. The molecular formula is C13H13ClN2O3. The second-order valence-electron chi connectivity index (χ2n) is 4.29. The number of carbonyl (C=O) groups is 3. The molecule has 2 amide bonds. The van der Waals surface area contributed by atoms with Gasteiger partial charge in [0.1, 0.15) is 6.04 Å². The van der Waals surface area contributed by atoms with Gasteiger partial charge in [-0.3, -0.25) is 19.7 Å². The maximum Gasteiger partial charge on any atom is 0.249 e. The molecule has 1 aromatic carbocycles. The summed E-state index contributed by atoms with van der Waals surface area (Å²) in [6, 6.07) is 4.45. The van der Waals surface area contributed by atoms with Gasteiger partial charge < -0.3 is 4.90 Å². The van der Waals surface area contributed by atoms with Crippen LogP contribution in [0.15, 0.2) is 18.2 Å². The first-order valence-corrected chi connectivity index (χ1v) is 6.29. The van der Waals surface area contributed by atoms with Crippen molar-refractivity contribution in [3.63, 3.8) is 0 Å². The second-order valence-corrected chi connectivity index (χ2v) is 4.70. The lowest BCUT2D eigenvalue weighted by Gasteiger charge is -2.35. The van der Waals surface area contributed by atoms with Crippen molar-refractivity contribution in [1.29, 1.82) is 0 Å². The van der Waals surface area contributed by atoms with Gasteiger partial charge in [0, 0.05) is 11.3 Å². The summed E-state index contributed by atoms with van der Waals surface area (Å²) in [5.41, 5.74) is 1.04. The smallest absolute Gasteiger partial charge is 0.249 e. The van der Waals surface area contributed by atoms with Gasteiger partial charge in [0.2, 0.25) is 11.8 Å². The van der Waals surface area contributed by atoms with Crippen LogP contribution in [0.4, 0.5) is 5.69 Å². The highest BCUT2D eigenvalue weighted by Crippen LogP contribution is 2.26. The van der Waals surface area contributed by atoms with Crippen LogP contribution in [0, 0.1) is 0 Å². The lowest BCUT2D eigenvalue weighted by molar-refractivity contribution is -0.132. The van der Waals surface area contributed by atoms with E-state index in [1.807, 2.05) is 6.92 Å². The molecule has 6 heteroatoms. The summed E-state index contributed by atoms with van der Waals surface area (Å²) < 4.78 is 0. The van der Waals surface area contributed by atoms with Crippen molar-refractivity contribution in [2.45, 2.75) is 19.4 Å². The van der Waals surface area contributed by atoms with Crippen molar-refractivity contribution < 1.29 is 14.4 Å². The maximum atomic E-state index is 11.8. The number of nitrogens with zero attached hydrogens (tertiary/aromatic N) is 1. The number of hydrogen-bond donors (Lipinski definition) is 1. The van der Waals surface area contributed by atoms with Gasteiger partial charge >= 0.3 is 0 Å². The minimum absolute atomic E-state index is 0.0982. The number of halogens is 1. The van der Waals surface area contributed by atoms with Crippen LogP contribution < -0.4 is 10.2 Å². The van der Waals surface area contributed by atoms with E-state index in [9.17, 15) is 14.4 Å². The van der Waals surface area contributed by atoms with E-state index in [2.05, 4.69) is 5.32 Å². The number of imide groups is 1. The van der Waals surface area contributed by atoms with Crippen LogP contribution in [-0.4, -0.2) is 30.7 Å². The molecule has 100 valence electrons. The molecule has 1 fully saturated rings. The van der Waals surface area contributed by atoms with Gasteiger partial charge in [-0.05, 0) is 24.6 Å². The Labute approximate surface area is 115 Å². The molecule has 1 saturated heterocycles. The number of aldehydes is 1. The Kier molecular flexibility index (Phi) is 3.85. The number of piperazine rings is 1. The summed E-state index contributed by atoms with van der Waals surface area (Å²) in [7, 11) is 0. The van der Waals surface area contributed by atoms with Crippen LogP contribution >= 0.6 is 11.6 Å². The third-order valence-electron chi connectivity index (χ3n) is 3.08. The number of nitrogens with one attached hydrogen (secondary N) is 1. The Morgan fingerprint density at radius 1 is 1.47 bits per heavy atom. The highest BCUT2D eigenvalue weighted by atomic mass is 35.5. The zero-order valence-electron chi connectivity index (χ0n) is 10.4. The van der Waals surface area contributed by atoms with E-state index >= 15 is 0 Å². The highest BCUT2D eigenvalue weighted by molar-refractivity contribution is 6.33. The Hall–Kier alpha value is -1.88. The normalized spacial score (nSPS) is 19.3. The molecule has 1 unspecified atom stereocenters. The summed E-state index contributed by atoms with van der Waals surface area (Å²) in [5, 5.41) is 2.61. The molecule has 1 heterocycles. The summed E-state index contributed by atoms with van der Waals surface area (Å²) in [4.78, 5) is 35.6. The van der Waals surface area contributed by atoms with Gasteiger partial charge in [-0.25, -0.2) is 0 Å². The lowest BCUT2D eigenvalue weighted by Crippen LogP contribution is -2.58. The number of rotatable bonds is 3. The van der Waals surface area contributed by atoms with Crippen molar-refractivity contribution in [2.75, 3.05) is 11.4 Å². The predicted octanol–water partition coefficient (Wildman–Crippen LogP) is 1.39.